The minimum absolute atomic E-state index is 0.0159. The molecule has 0 saturated carbocycles. The van der Waals surface area contributed by atoms with Gasteiger partial charge in [-0.2, -0.15) is 0 Å². The Morgan fingerprint density at radius 1 is 1.13 bits per heavy atom. The first kappa shape index (κ1) is 20.7. The number of dihydropyridines is 1. The first-order valence-electron chi connectivity index (χ1n) is 10.4. The van der Waals surface area contributed by atoms with Gasteiger partial charge >= 0.3 is 5.97 Å². The zero-order chi connectivity index (χ0) is 22.0. The number of hydrogen-bond acceptors (Lipinski definition) is 5. The molecule has 0 radical (unpaired) electrons. The van der Waals surface area contributed by atoms with Crippen molar-refractivity contribution >= 4 is 11.8 Å². The largest absolute Gasteiger partial charge is 0.508 e. The zero-order valence-corrected chi connectivity index (χ0v) is 17.4. The van der Waals surface area contributed by atoms with Crippen molar-refractivity contribution in [3.8, 4) is 5.75 Å². The van der Waals surface area contributed by atoms with Crippen LogP contribution in [0.3, 0.4) is 0 Å². The van der Waals surface area contributed by atoms with Crippen molar-refractivity contribution in [2.75, 3.05) is 6.61 Å². The number of phenolic OH excluding ortho intramolecular Hbond substituents is 1. The normalized spacial score (nSPS) is 20.7. The Kier molecular flexibility index (Phi) is 5.76. The van der Waals surface area contributed by atoms with Gasteiger partial charge in [0.25, 0.3) is 0 Å². The van der Waals surface area contributed by atoms with Crippen LogP contribution < -0.4 is 5.32 Å². The SMILES string of the molecule is C=CCOC(=O)C1=C(C)NC2=C(C(=O)C[C@H](c3ccccc3)C2)[C@H]1c1ccc(O)cc1. The van der Waals surface area contributed by atoms with E-state index in [9.17, 15) is 14.7 Å². The molecule has 0 aromatic heterocycles. The molecule has 0 saturated heterocycles. The van der Waals surface area contributed by atoms with Crippen molar-refractivity contribution in [2.45, 2.75) is 31.6 Å². The quantitative estimate of drug-likeness (QED) is 0.556. The average molecular weight is 415 g/mol. The molecule has 5 heteroatoms. The van der Waals surface area contributed by atoms with Gasteiger partial charge < -0.3 is 15.2 Å². The molecule has 2 N–H and O–H groups in total. The second-order valence-corrected chi connectivity index (χ2v) is 7.91. The lowest BCUT2D eigenvalue weighted by Gasteiger charge is -2.36. The number of rotatable bonds is 5. The van der Waals surface area contributed by atoms with E-state index in [1.54, 1.807) is 24.3 Å². The number of phenols is 1. The smallest absolute Gasteiger partial charge is 0.337 e. The summed E-state index contributed by atoms with van der Waals surface area (Å²) in [6.45, 7) is 5.52. The van der Waals surface area contributed by atoms with Crippen LogP contribution in [0.1, 0.15) is 42.7 Å². The molecule has 0 bridgehead atoms. The van der Waals surface area contributed by atoms with Crippen LogP contribution in [0.15, 0.2) is 89.8 Å². The predicted molar refractivity (Wildman–Crippen MR) is 118 cm³/mol. The number of carbonyl (C=O) groups is 2. The second-order valence-electron chi connectivity index (χ2n) is 7.91. The highest BCUT2D eigenvalue weighted by Crippen LogP contribution is 2.45. The third-order valence-electron chi connectivity index (χ3n) is 5.88. The molecule has 1 aliphatic heterocycles. The molecule has 2 aromatic carbocycles. The minimum atomic E-state index is -0.543. The molecule has 2 aromatic rings. The Bertz CT molecular complexity index is 1080. The van der Waals surface area contributed by atoms with Gasteiger partial charge in [0.05, 0.1) is 5.57 Å². The predicted octanol–water partition coefficient (Wildman–Crippen LogP) is 4.48. The molecule has 5 nitrogen and oxygen atoms in total. The maximum atomic E-state index is 13.4. The van der Waals surface area contributed by atoms with Crippen LogP contribution in [0.2, 0.25) is 0 Å². The van der Waals surface area contributed by atoms with E-state index >= 15 is 0 Å². The van der Waals surface area contributed by atoms with Crippen LogP contribution in [-0.2, 0) is 14.3 Å². The maximum absolute atomic E-state index is 13.4. The van der Waals surface area contributed by atoms with Crippen LogP contribution in [0.25, 0.3) is 0 Å². The first-order valence-corrected chi connectivity index (χ1v) is 10.4. The van der Waals surface area contributed by atoms with Gasteiger partial charge in [-0.3, -0.25) is 4.79 Å². The minimum Gasteiger partial charge on any atom is -0.508 e. The molecule has 0 spiro atoms. The number of ether oxygens (including phenoxy) is 1. The van der Waals surface area contributed by atoms with Crippen molar-refractivity contribution in [1.29, 1.82) is 0 Å². The summed E-state index contributed by atoms with van der Waals surface area (Å²) in [5.41, 5.74) is 4.44. The lowest BCUT2D eigenvalue weighted by atomic mass is 9.72. The standard InChI is InChI=1S/C26H25NO4/c1-3-13-31-26(30)23-16(2)27-21-14-19(17-7-5-4-6-8-17)15-22(29)25(21)24(23)18-9-11-20(28)12-10-18/h3-12,19,24,27-28H,1,13-15H2,2H3/t19-,24+/m1/s1. The van der Waals surface area contributed by atoms with Gasteiger partial charge in [-0.05, 0) is 42.5 Å². The Morgan fingerprint density at radius 3 is 2.52 bits per heavy atom. The van der Waals surface area contributed by atoms with Crippen LogP contribution >= 0.6 is 0 Å². The molecule has 0 fully saturated rings. The number of nitrogens with one attached hydrogen (secondary N) is 1. The lowest BCUT2D eigenvalue weighted by molar-refractivity contribution is -0.138. The maximum Gasteiger partial charge on any atom is 0.337 e. The van der Waals surface area contributed by atoms with Crippen molar-refractivity contribution < 1.29 is 19.4 Å². The fourth-order valence-corrected chi connectivity index (χ4v) is 4.48. The van der Waals surface area contributed by atoms with Crippen molar-refractivity contribution in [3.63, 3.8) is 0 Å². The Morgan fingerprint density at radius 2 is 1.84 bits per heavy atom. The van der Waals surface area contributed by atoms with Gasteiger partial charge in [0, 0.05) is 29.3 Å². The molecule has 0 amide bonds. The van der Waals surface area contributed by atoms with Crippen molar-refractivity contribution in [3.05, 3.63) is 101 Å². The topological polar surface area (TPSA) is 75.6 Å². The number of allylic oxidation sites excluding steroid dienone is 3. The van der Waals surface area contributed by atoms with Gasteiger partial charge in [0.2, 0.25) is 0 Å². The highest BCUT2D eigenvalue weighted by Gasteiger charge is 2.41. The van der Waals surface area contributed by atoms with E-state index in [1.807, 2.05) is 37.3 Å². The van der Waals surface area contributed by atoms with Crippen molar-refractivity contribution in [2.24, 2.45) is 0 Å². The zero-order valence-electron chi connectivity index (χ0n) is 17.4. The summed E-state index contributed by atoms with van der Waals surface area (Å²) in [7, 11) is 0. The summed E-state index contributed by atoms with van der Waals surface area (Å²) in [5.74, 6) is -0.793. The van der Waals surface area contributed by atoms with Gasteiger partial charge in [-0.1, -0.05) is 55.1 Å². The Hall–Kier alpha value is -3.60. The van der Waals surface area contributed by atoms with Gasteiger partial charge in [0.15, 0.2) is 5.78 Å². The Labute approximate surface area is 181 Å². The molecule has 2 atom stereocenters. The average Bonchev–Trinajstić information content (AvgIpc) is 2.77. The summed E-state index contributed by atoms with van der Waals surface area (Å²) in [4.78, 5) is 26.3. The van der Waals surface area contributed by atoms with E-state index in [0.717, 1.165) is 16.8 Å². The first-order chi connectivity index (χ1) is 15.0. The third-order valence-corrected chi connectivity index (χ3v) is 5.88. The number of ketones is 1. The summed E-state index contributed by atoms with van der Waals surface area (Å²) in [5, 5.41) is 13.1. The molecule has 31 heavy (non-hydrogen) atoms. The van der Waals surface area contributed by atoms with E-state index in [-0.39, 0.29) is 24.1 Å². The van der Waals surface area contributed by atoms with Crippen LogP contribution in [0, 0.1) is 0 Å². The molecule has 4 rings (SSSR count). The van der Waals surface area contributed by atoms with Gasteiger partial charge in [-0.25, -0.2) is 4.79 Å². The highest BCUT2D eigenvalue weighted by molar-refractivity contribution is 6.04. The van der Waals surface area contributed by atoms with E-state index in [2.05, 4.69) is 11.9 Å². The summed E-state index contributed by atoms with van der Waals surface area (Å²) >= 11 is 0. The highest BCUT2D eigenvalue weighted by atomic mass is 16.5. The fourth-order valence-electron chi connectivity index (χ4n) is 4.48. The second kappa shape index (κ2) is 8.64. The molecular weight excluding hydrogens is 390 g/mol. The van der Waals surface area contributed by atoms with Crippen LogP contribution in [0.4, 0.5) is 0 Å². The van der Waals surface area contributed by atoms with E-state index in [0.29, 0.717) is 29.7 Å². The van der Waals surface area contributed by atoms with Crippen LogP contribution in [0.5, 0.6) is 5.75 Å². The summed E-state index contributed by atoms with van der Waals surface area (Å²) in [6.07, 6.45) is 2.58. The fraction of sp³-hybridized carbons (Fsp3) is 0.231. The number of hydrogen-bond donors (Lipinski definition) is 2. The summed E-state index contributed by atoms with van der Waals surface area (Å²) < 4.78 is 5.34. The third kappa shape index (κ3) is 4.04. The number of carbonyl (C=O) groups excluding carboxylic acids is 2. The van der Waals surface area contributed by atoms with Crippen LogP contribution in [-0.4, -0.2) is 23.5 Å². The van der Waals surface area contributed by atoms with E-state index < -0.39 is 11.9 Å². The molecular formula is C26H25NO4. The molecule has 0 unspecified atom stereocenters. The molecule has 1 aliphatic carbocycles. The van der Waals surface area contributed by atoms with Gasteiger partial charge in [0.1, 0.15) is 12.4 Å². The number of aromatic hydroxyl groups is 1. The van der Waals surface area contributed by atoms with E-state index in [4.69, 9.17) is 4.74 Å². The molecule has 1 heterocycles. The summed E-state index contributed by atoms with van der Waals surface area (Å²) in [6, 6.07) is 16.7. The Balaban J connectivity index is 1.78. The molecule has 158 valence electrons. The number of Topliss-reactive ketones (excluding diaryl/α,β-unsaturated/α-hetero) is 1. The monoisotopic (exact) mass is 415 g/mol. The van der Waals surface area contributed by atoms with E-state index in [1.165, 1.54) is 6.08 Å². The molecule has 2 aliphatic rings. The lowest BCUT2D eigenvalue weighted by Crippen LogP contribution is -2.36. The number of benzene rings is 2. The number of esters is 1. The van der Waals surface area contributed by atoms with Gasteiger partial charge in [-0.15, -0.1) is 0 Å². The van der Waals surface area contributed by atoms with Crippen molar-refractivity contribution in [1.82, 2.24) is 5.32 Å².